The van der Waals surface area contributed by atoms with E-state index in [0.717, 1.165) is 40.5 Å². The summed E-state index contributed by atoms with van der Waals surface area (Å²) in [5.74, 6) is 2.98. The average Bonchev–Trinajstić information content (AvgIpc) is 2.63. The van der Waals surface area contributed by atoms with E-state index in [1.165, 1.54) is 0 Å². The number of rotatable bonds is 9. The Balaban J connectivity index is 1.83. The third kappa shape index (κ3) is 5.45. The summed E-state index contributed by atoms with van der Waals surface area (Å²) in [6.45, 7) is 5.11. The molecule has 2 rings (SSSR count). The maximum Gasteiger partial charge on any atom is 0.161 e. The normalized spacial score (nSPS) is 10.7. The van der Waals surface area contributed by atoms with Gasteiger partial charge in [0, 0.05) is 6.42 Å². The molecule has 0 saturated heterocycles. The minimum Gasteiger partial charge on any atom is -0.493 e. The highest BCUT2D eigenvalue weighted by Gasteiger charge is 2.06. The first-order valence-electron chi connectivity index (χ1n) is 8.39. The molecule has 0 aromatic heterocycles. The highest BCUT2D eigenvalue weighted by atomic mass is 16.5. The molecule has 2 aromatic carbocycles. The summed E-state index contributed by atoms with van der Waals surface area (Å²) in [6.07, 6.45) is 4.78. The third-order valence-corrected chi connectivity index (χ3v) is 3.67. The Morgan fingerprint density at radius 3 is 2.00 bits per heavy atom. The first-order chi connectivity index (χ1) is 12.2. The zero-order valence-corrected chi connectivity index (χ0v) is 15.4. The fourth-order valence-electron chi connectivity index (χ4n) is 2.42. The van der Waals surface area contributed by atoms with Crippen LogP contribution in [0.1, 0.15) is 24.5 Å². The highest BCUT2D eigenvalue weighted by molar-refractivity contribution is 5.55. The van der Waals surface area contributed by atoms with E-state index in [0.29, 0.717) is 13.2 Å². The lowest BCUT2D eigenvalue weighted by Gasteiger charge is -2.13. The van der Waals surface area contributed by atoms with Gasteiger partial charge in [0.15, 0.2) is 23.0 Å². The molecule has 0 bridgehead atoms. The Kier molecular flexibility index (Phi) is 7.20. The molecule has 4 nitrogen and oxygen atoms in total. The molecule has 0 spiro atoms. The van der Waals surface area contributed by atoms with Gasteiger partial charge in [-0.3, -0.25) is 0 Å². The Morgan fingerprint density at radius 1 is 0.800 bits per heavy atom. The van der Waals surface area contributed by atoms with Crippen molar-refractivity contribution in [1.82, 2.24) is 0 Å². The first-order valence-corrected chi connectivity index (χ1v) is 8.39. The number of aryl methyl sites for hydroxylation is 1. The molecule has 0 unspecified atom stereocenters. The van der Waals surface area contributed by atoms with Gasteiger partial charge < -0.3 is 18.9 Å². The Labute approximate surface area is 150 Å². The minimum atomic E-state index is 0.549. The number of methoxy groups -OCH3 is 2. The van der Waals surface area contributed by atoms with Gasteiger partial charge in [-0.1, -0.05) is 24.3 Å². The van der Waals surface area contributed by atoms with Crippen LogP contribution in [0.2, 0.25) is 0 Å². The topological polar surface area (TPSA) is 36.9 Å². The van der Waals surface area contributed by atoms with Gasteiger partial charge in [0.05, 0.1) is 27.4 Å². The summed E-state index contributed by atoms with van der Waals surface area (Å²) in [5, 5.41) is 0. The SMILES string of the molecule is C/C=C/c1ccc(OCCCOc2ccc(C)cc2OC)c(OC)c1. The molecule has 0 N–H and O–H groups in total. The van der Waals surface area contributed by atoms with E-state index in [1.54, 1.807) is 14.2 Å². The number of ether oxygens (including phenoxy) is 4. The van der Waals surface area contributed by atoms with Crippen LogP contribution in [0.5, 0.6) is 23.0 Å². The molecule has 0 aliphatic rings. The van der Waals surface area contributed by atoms with Gasteiger partial charge in [0.2, 0.25) is 0 Å². The molecule has 0 aliphatic carbocycles. The maximum absolute atomic E-state index is 5.81. The molecule has 25 heavy (non-hydrogen) atoms. The number of hydrogen-bond acceptors (Lipinski definition) is 4. The third-order valence-electron chi connectivity index (χ3n) is 3.67. The van der Waals surface area contributed by atoms with Gasteiger partial charge in [-0.15, -0.1) is 0 Å². The van der Waals surface area contributed by atoms with Crippen LogP contribution in [0.3, 0.4) is 0 Å². The molecule has 0 amide bonds. The number of allylic oxidation sites excluding steroid dienone is 1. The summed E-state index contributed by atoms with van der Waals surface area (Å²) < 4.78 is 22.3. The molecule has 4 heteroatoms. The van der Waals surface area contributed by atoms with Crippen molar-refractivity contribution in [2.45, 2.75) is 20.3 Å². The second kappa shape index (κ2) is 9.62. The highest BCUT2D eigenvalue weighted by Crippen LogP contribution is 2.29. The minimum absolute atomic E-state index is 0.549. The Bertz CT molecular complexity index is 707. The van der Waals surface area contributed by atoms with Crippen molar-refractivity contribution in [3.63, 3.8) is 0 Å². The molecule has 0 saturated carbocycles. The number of hydrogen-bond donors (Lipinski definition) is 0. The van der Waals surface area contributed by atoms with Gasteiger partial charge in [-0.25, -0.2) is 0 Å². The van der Waals surface area contributed by atoms with E-state index < -0.39 is 0 Å². The van der Waals surface area contributed by atoms with E-state index in [1.807, 2.05) is 62.4 Å². The molecule has 0 radical (unpaired) electrons. The van der Waals surface area contributed by atoms with Gasteiger partial charge in [0.25, 0.3) is 0 Å². The van der Waals surface area contributed by atoms with Crippen LogP contribution in [-0.2, 0) is 0 Å². The summed E-state index contributed by atoms with van der Waals surface area (Å²) in [7, 11) is 3.29. The second-order valence-electron chi connectivity index (χ2n) is 5.62. The molecule has 2 aromatic rings. The monoisotopic (exact) mass is 342 g/mol. The molecule has 0 aliphatic heterocycles. The van der Waals surface area contributed by atoms with Crippen molar-refractivity contribution in [1.29, 1.82) is 0 Å². The molecule has 134 valence electrons. The Hall–Kier alpha value is -2.62. The van der Waals surface area contributed by atoms with Crippen LogP contribution in [0, 0.1) is 6.92 Å². The van der Waals surface area contributed by atoms with Gasteiger partial charge in [-0.05, 0) is 49.2 Å². The largest absolute Gasteiger partial charge is 0.493 e. The smallest absolute Gasteiger partial charge is 0.161 e. The van der Waals surface area contributed by atoms with Crippen molar-refractivity contribution in [2.24, 2.45) is 0 Å². The van der Waals surface area contributed by atoms with Gasteiger partial charge in [-0.2, -0.15) is 0 Å². The van der Waals surface area contributed by atoms with Crippen molar-refractivity contribution in [3.05, 3.63) is 53.6 Å². The molecular weight excluding hydrogens is 316 g/mol. The zero-order valence-electron chi connectivity index (χ0n) is 15.4. The van der Waals surface area contributed by atoms with E-state index in [2.05, 4.69) is 0 Å². The summed E-state index contributed by atoms with van der Waals surface area (Å²) in [6, 6.07) is 11.8. The van der Waals surface area contributed by atoms with E-state index in [9.17, 15) is 0 Å². The fraction of sp³-hybridized carbons (Fsp3) is 0.333. The molecule has 0 fully saturated rings. The van der Waals surface area contributed by atoms with Crippen LogP contribution >= 0.6 is 0 Å². The lowest BCUT2D eigenvalue weighted by atomic mass is 10.2. The summed E-state index contributed by atoms with van der Waals surface area (Å²) in [5.41, 5.74) is 2.22. The van der Waals surface area contributed by atoms with E-state index in [4.69, 9.17) is 18.9 Å². The summed E-state index contributed by atoms with van der Waals surface area (Å²) >= 11 is 0. The Morgan fingerprint density at radius 2 is 1.40 bits per heavy atom. The zero-order chi connectivity index (χ0) is 18.1. The van der Waals surface area contributed by atoms with Crippen molar-refractivity contribution in [3.8, 4) is 23.0 Å². The van der Waals surface area contributed by atoms with Crippen LogP contribution in [0.25, 0.3) is 6.08 Å². The van der Waals surface area contributed by atoms with Crippen molar-refractivity contribution >= 4 is 6.08 Å². The quantitative estimate of drug-likeness (QED) is 0.608. The lowest BCUT2D eigenvalue weighted by molar-refractivity contribution is 0.234. The summed E-state index contributed by atoms with van der Waals surface area (Å²) in [4.78, 5) is 0. The van der Waals surface area contributed by atoms with Crippen LogP contribution < -0.4 is 18.9 Å². The van der Waals surface area contributed by atoms with Crippen molar-refractivity contribution < 1.29 is 18.9 Å². The van der Waals surface area contributed by atoms with Crippen LogP contribution in [0.4, 0.5) is 0 Å². The van der Waals surface area contributed by atoms with Crippen molar-refractivity contribution in [2.75, 3.05) is 27.4 Å². The van der Waals surface area contributed by atoms with E-state index >= 15 is 0 Å². The average molecular weight is 342 g/mol. The molecule has 0 atom stereocenters. The lowest BCUT2D eigenvalue weighted by Crippen LogP contribution is -2.06. The predicted molar refractivity (Wildman–Crippen MR) is 101 cm³/mol. The second-order valence-corrected chi connectivity index (χ2v) is 5.62. The number of benzene rings is 2. The fourth-order valence-corrected chi connectivity index (χ4v) is 2.42. The molecule has 0 heterocycles. The van der Waals surface area contributed by atoms with Gasteiger partial charge >= 0.3 is 0 Å². The first kappa shape index (κ1) is 18.7. The maximum atomic E-state index is 5.81. The predicted octanol–water partition coefficient (Wildman–Crippen LogP) is 4.89. The van der Waals surface area contributed by atoms with E-state index in [-0.39, 0.29) is 0 Å². The molecular formula is C21H26O4. The standard InChI is InChI=1S/C21H26O4/c1-5-7-17-9-11-19(21(15-17)23-4)25-13-6-12-24-18-10-8-16(2)14-20(18)22-3/h5,7-11,14-15H,6,12-13H2,1-4H3/b7-5+. The van der Waals surface area contributed by atoms with Crippen LogP contribution in [0.15, 0.2) is 42.5 Å². The van der Waals surface area contributed by atoms with Gasteiger partial charge in [0.1, 0.15) is 0 Å². The van der Waals surface area contributed by atoms with Crippen LogP contribution in [-0.4, -0.2) is 27.4 Å².